The molecule has 0 aromatic carbocycles. The fourth-order valence-electron chi connectivity index (χ4n) is 0.819. The maximum Gasteiger partial charge on any atom is 0.321 e. The molecular formula is C8H16N2O4S. The summed E-state index contributed by atoms with van der Waals surface area (Å²) in [4.78, 5) is 22.7. The zero-order valence-electron chi connectivity index (χ0n) is 8.71. The van der Waals surface area contributed by atoms with Gasteiger partial charge in [0.15, 0.2) is 0 Å². The molecule has 0 saturated heterocycles. The molecule has 4 N–H and O–H groups in total. The quantitative estimate of drug-likeness (QED) is 0.528. The van der Waals surface area contributed by atoms with Crippen molar-refractivity contribution in [2.24, 2.45) is 5.73 Å². The molecule has 0 heterocycles. The van der Waals surface area contributed by atoms with Gasteiger partial charge in [-0.25, -0.2) is 0 Å². The van der Waals surface area contributed by atoms with E-state index in [0.717, 1.165) is 0 Å². The molecular weight excluding hydrogens is 220 g/mol. The number of likely N-dealkylation sites (N-methyl/N-ethyl adjacent to an activating group) is 1. The van der Waals surface area contributed by atoms with Crippen LogP contribution in [0.25, 0.3) is 0 Å². The minimum absolute atomic E-state index is 0.215. The number of rotatable bonds is 7. The molecule has 0 aliphatic carbocycles. The maximum absolute atomic E-state index is 10.7. The predicted octanol–water partition coefficient (Wildman–Crippen LogP) is -0.854. The highest BCUT2D eigenvalue weighted by Gasteiger charge is 2.20. The van der Waals surface area contributed by atoms with E-state index in [9.17, 15) is 9.59 Å². The SMILES string of the molecule is CN(C)[C@@H](CSCC(N)C(=O)O)C(=O)O. The zero-order chi connectivity index (χ0) is 12.0. The highest BCUT2D eigenvalue weighted by atomic mass is 32.2. The molecule has 7 heteroatoms. The Hall–Kier alpha value is -0.790. The van der Waals surface area contributed by atoms with Gasteiger partial charge in [0, 0.05) is 11.5 Å². The van der Waals surface area contributed by atoms with E-state index < -0.39 is 24.0 Å². The van der Waals surface area contributed by atoms with E-state index in [1.54, 1.807) is 19.0 Å². The second-order valence-corrected chi connectivity index (χ2v) is 4.37. The van der Waals surface area contributed by atoms with E-state index in [-0.39, 0.29) is 5.75 Å². The Kier molecular flexibility index (Phi) is 6.30. The summed E-state index contributed by atoms with van der Waals surface area (Å²) in [6.07, 6.45) is 0. The van der Waals surface area contributed by atoms with Gasteiger partial charge in [0.1, 0.15) is 12.1 Å². The number of carboxylic acids is 2. The molecule has 88 valence electrons. The van der Waals surface area contributed by atoms with Crippen molar-refractivity contribution in [3.8, 4) is 0 Å². The molecule has 0 aromatic heterocycles. The minimum Gasteiger partial charge on any atom is -0.480 e. The van der Waals surface area contributed by atoms with Gasteiger partial charge in [0.25, 0.3) is 0 Å². The normalized spacial score (nSPS) is 14.9. The first-order chi connectivity index (χ1) is 6.86. The van der Waals surface area contributed by atoms with Crippen LogP contribution in [0.15, 0.2) is 0 Å². The van der Waals surface area contributed by atoms with Gasteiger partial charge in [-0.3, -0.25) is 14.5 Å². The van der Waals surface area contributed by atoms with E-state index in [1.807, 2.05) is 0 Å². The topological polar surface area (TPSA) is 104 Å². The van der Waals surface area contributed by atoms with Crippen LogP contribution in [-0.4, -0.2) is 64.7 Å². The van der Waals surface area contributed by atoms with Gasteiger partial charge in [0.2, 0.25) is 0 Å². The van der Waals surface area contributed by atoms with Crippen LogP contribution in [0.3, 0.4) is 0 Å². The van der Waals surface area contributed by atoms with Crippen molar-refractivity contribution in [1.29, 1.82) is 0 Å². The third-order valence-electron chi connectivity index (χ3n) is 1.80. The maximum atomic E-state index is 10.7. The van der Waals surface area contributed by atoms with E-state index in [2.05, 4.69) is 0 Å². The third kappa shape index (κ3) is 5.60. The Morgan fingerprint density at radius 1 is 1.27 bits per heavy atom. The van der Waals surface area contributed by atoms with E-state index in [4.69, 9.17) is 15.9 Å². The summed E-state index contributed by atoms with van der Waals surface area (Å²) in [5.74, 6) is -1.45. The van der Waals surface area contributed by atoms with Crippen LogP contribution in [0, 0.1) is 0 Å². The Morgan fingerprint density at radius 3 is 2.13 bits per heavy atom. The minimum atomic E-state index is -1.07. The smallest absolute Gasteiger partial charge is 0.321 e. The first-order valence-electron chi connectivity index (χ1n) is 4.31. The van der Waals surface area contributed by atoms with E-state index in [1.165, 1.54) is 11.8 Å². The van der Waals surface area contributed by atoms with Crippen LogP contribution in [0.5, 0.6) is 0 Å². The van der Waals surface area contributed by atoms with Crippen molar-refractivity contribution in [3.05, 3.63) is 0 Å². The number of aliphatic carboxylic acids is 2. The summed E-state index contributed by atoms with van der Waals surface area (Å²) < 4.78 is 0. The highest BCUT2D eigenvalue weighted by Crippen LogP contribution is 2.08. The van der Waals surface area contributed by atoms with Crippen LogP contribution < -0.4 is 5.73 Å². The molecule has 0 amide bonds. The summed E-state index contributed by atoms with van der Waals surface area (Å²) in [6, 6.07) is -1.55. The number of nitrogens with two attached hydrogens (primary N) is 1. The van der Waals surface area contributed by atoms with Crippen molar-refractivity contribution in [1.82, 2.24) is 4.90 Å². The first kappa shape index (κ1) is 14.2. The lowest BCUT2D eigenvalue weighted by atomic mass is 10.3. The third-order valence-corrected chi connectivity index (χ3v) is 2.94. The summed E-state index contributed by atoms with van der Waals surface area (Å²) >= 11 is 1.23. The summed E-state index contributed by atoms with van der Waals surface area (Å²) in [5.41, 5.74) is 5.27. The van der Waals surface area contributed by atoms with Gasteiger partial charge in [-0.1, -0.05) is 0 Å². The average Bonchev–Trinajstić information content (AvgIpc) is 2.10. The first-order valence-corrected chi connectivity index (χ1v) is 5.47. The summed E-state index contributed by atoms with van der Waals surface area (Å²) in [7, 11) is 3.33. The largest absolute Gasteiger partial charge is 0.480 e. The number of carboxylic acid groups (broad SMARTS) is 2. The zero-order valence-corrected chi connectivity index (χ0v) is 9.53. The highest BCUT2D eigenvalue weighted by molar-refractivity contribution is 7.99. The molecule has 0 aromatic rings. The molecule has 0 radical (unpaired) electrons. The standard InChI is InChI=1S/C8H16N2O4S/c1-10(2)6(8(13)14)4-15-3-5(9)7(11)12/h5-6H,3-4,9H2,1-2H3,(H,11,12)(H,13,14)/t5?,6-/m0/s1. The number of hydrogen-bond donors (Lipinski definition) is 3. The summed E-state index contributed by atoms with van der Waals surface area (Å²) in [5, 5.41) is 17.3. The summed E-state index contributed by atoms with van der Waals surface area (Å²) in [6.45, 7) is 0. The van der Waals surface area contributed by atoms with E-state index in [0.29, 0.717) is 5.75 Å². The lowest BCUT2D eigenvalue weighted by Gasteiger charge is -2.19. The van der Waals surface area contributed by atoms with Crippen molar-refractivity contribution in [2.75, 3.05) is 25.6 Å². The number of hydrogen-bond acceptors (Lipinski definition) is 5. The average molecular weight is 236 g/mol. The number of thioether (sulfide) groups is 1. The second-order valence-electron chi connectivity index (χ2n) is 3.30. The molecule has 0 rings (SSSR count). The fourth-order valence-corrected chi connectivity index (χ4v) is 2.02. The van der Waals surface area contributed by atoms with Crippen LogP contribution in [0.2, 0.25) is 0 Å². The van der Waals surface area contributed by atoms with Crippen molar-refractivity contribution in [2.45, 2.75) is 12.1 Å². The van der Waals surface area contributed by atoms with Crippen molar-refractivity contribution in [3.63, 3.8) is 0 Å². The predicted molar refractivity (Wildman–Crippen MR) is 58.0 cm³/mol. The van der Waals surface area contributed by atoms with Crippen LogP contribution in [0.4, 0.5) is 0 Å². The number of carbonyl (C=O) groups is 2. The van der Waals surface area contributed by atoms with Gasteiger partial charge in [0.05, 0.1) is 0 Å². The Balaban J connectivity index is 3.92. The Labute approximate surface area is 92.4 Å². The lowest BCUT2D eigenvalue weighted by Crippen LogP contribution is -2.39. The molecule has 0 fully saturated rings. The molecule has 15 heavy (non-hydrogen) atoms. The lowest BCUT2D eigenvalue weighted by molar-refractivity contribution is -0.141. The molecule has 0 aliphatic rings. The van der Waals surface area contributed by atoms with Crippen molar-refractivity contribution < 1.29 is 19.8 Å². The van der Waals surface area contributed by atoms with Crippen LogP contribution >= 0.6 is 11.8 Å². The number of nitrogens with zero attached hydrogens (tertiary/aromatic N) is 1. The molecule has 0 aliphatic heterocycles. The molecule has 0 bridgehead atoms. The van der Waals surface area contributed by atoms with Gasteiger partial charge in [-0.15, -0.1) is 0 Å². The Morgan fingerprint density at radius 2 is 1.80 bits per heavy atom. The molecule has 0 saturated carbocycles. The molecule has 0 spiro atoms. The van der Waals surface area contributed by atoms with Gasteiger partial charge >= 0.3 is 11.9 Å². The second kappa shape index (κ2) is 6.65. The van der Waals surface area contributed by atoms with Crippen molar-refractivity contribution >= 4 is 23.7 Å². The molecule has 2 atom stereocenters. The van der Waals surface area contributed by atoms with Gasteiger partial charge in [-0.2, -0.15) is 11.8 Å². The fraction of sp³-hybridized carbons (Fsp3) is 0.750. The van der Waals surface area contributed by atoms with Gasteiger partial charge < -0.3 is 15.9 Å². The Bertz CT molecular complexity index is 235. The monoisotopic (exact) mass is 236 g/mol. The van der Waals surface area contributed by atoms with Gasteiger partial charge in [-0.05, 0) is 14.1 Å². The van der Waals surface area contributed by atoms with Crippen LogP contribution in [-0.2, 0) is 9.59 Å². The van der Waals surface area contributed by atoms with Crippen LogP contribution in [0.1, 0.15) is 0 Å². The molecule has 1 unspecified atom stereocenters. The van der Waals surface area contributed by atoms with E-state index >= 15 is 0 Å². The molecule has 6 nitrogen and oxygen atoms in total.